The molecule has 152 valence electrons. The Balaban J connectivity index is 1.58. The van der Waals surface area contributed by atoms with Crippen molar-refractivity contribution >= 4 is 17.7 Å². The standard InChI is InChI=1S/C22H25N3O4/c26-18-9-11-25(14-22(18,21(28)29)13-15-4-2-1-3-5-15)19-12-16(8-10-23-19)20(27)24-17-6-7-17/h1-5,8,10,12,17-18,26H,6-7,9,11,13-14H2,(H,24,27)(H,28,29)/t18-,22+/m0/s1. The van der Waals surface area contributed by atoms with Gasteiger partial charge in [-0.15, -0.1) is 0 Å². The molecule has 1 amide bonds. The predicted molar refractivity (Wildman–Crippen MR) is 108 cm³/mol. The van der Waals surface area contributed by atoms with E-state index < -0.39 is 17.5 Å². The number of aliphatic hydroxyl groups excluding tert-OH is 1. The number of nitrogens with one attached hydrogen (secondary N) is 1. The summed E-state index contributed by atoms with van der Waals surface area (Å²) in [5.74, 6) is -0.609. The molecule has 2 aliphatic rings. The maximum absolute atomic E-state index is 12.4. The van der Waals surface area contributed by atoms with Crippen LogP contribution in [0.4, 0.5) is 5.82 Å². The van der Waals surface area contributed by atoms with Crippen LogP contribution in [0.25, 0.3) is 0 Å². The molecule has 2 atom stereocenters. The normalized spacial score (nSPS) is 24.2. The van der Waals surface area contributed by atoms with Crippen LogP contribution in [0, 0.1) is 5.41 Å². The number of benzene rings is 1. The molecule has 29 heavy (non-hydrogen) atoms. The summed E-state index contributed by atoms with van der Waals surface area (Å²) < 4.78 is 0. The highest BCUT2D eigenvalue weighted by Gasteiger charge is 2.49. The van der Waals surface area contributed by atoms with Crippen molar-refractivity contribution in [2.45, 2.75) is 37.8 Å². The summed E-state index contributed by atoms with van der Waals surface area (Å²) in [6, 6.07) is 13.0. The maximum atomic E-state index is 12.4. The van der Waals surface area contributed by atoms with Crippen molar-refractivity contribution in [2.24, 2.45) is 5.41 Å². The third-order valence-electron chi connectivity index (χ3n) is 5.82. The first kappa shape index (κ1) is 19.4. The lowest BCUT2D eigenvalue weighted by molar-refractivity contribution is -0.157. The second-order valence-electron chi connectivity index (χ2n) is 8.00. The fourth-order valence-corrected chi connectivity index (χ4v) is 3.92. The quantitative estimate of drug-likeness (QED) is 0.690. The fraction of sp³-hybridized carbons (Fsp3) is 0.409. The van der Waals surface area contributed by atoms with Crippen LogP contribution in [0.5, 0.6) is 0 Å². The molecule has 2 heterocycles. The number of carboxylic acid groups (broad SMARTS) is 1. The molecule has 0 unspecified atom stereocenters. The number of amides is 1. The van der Waals surface area contributed by atoms with Gasteiger partial charge in [0.05, 0.1) is 6.10 Å². The summed E-state index contributed by atoms with van der Waals surface area (Å²) >= 11 is 0. The van der Waals surface area contributed by atoms with Gasteiger partial charge in [-0.3, -0.25) is 9.59 Å². The van der Waals surface area contributed by atoms with Gasteiger partial charge in [-0.1, -0.05) is 30.3 Å². The van der Waals surface area contributed by atoms with Gasteiger partial charge in [-0.25, -0.2) is 4.98 Å². The lowest BCUT2D eigenvalue weighted by Crippen LogP contribution is -2.57. The third kappa shape index (κ3) is 4.10. The average molecular weight is 395 g/mol. The minimum Gasteiger partial charge on any atom is -0.481 e. The highest BCUT2D eigenvalue weighted by atomic mass is 16.4. The first-order valence-electron chi connectivity index (χ1n) is 9.95. The van der Waals surface area contributed by atoms with Gasteiger partial charge < -0.3 is 20.4 Å². The third-order valence-corrected chi connectivity index (χ3v) is 5.82. The zero-order valence-electron chi connectivity index (χ0n) is 16.1. The van der Waals surface area contributed by atoms with Gasteiger partial charge in [-0.2, -0.15) is 0 Å². The van der Waals surface area contributed by atoms with Gasteiger partial charge in [0, 0.05) is 30.9 Å². The molecule has 7 heteroatoms. The number of piperidine rings is 1. The van der Waals surface area contributed by atoms with Crippen LogP contribution in [0.15, 0.2) is 48.7 Å². The van der Waals surface area contributed by atoms with Gasteiger partial charge in [-0.05, 0) is 43.4 Å². The molecular weight excluding hydrogens is 370 g/mol. The first-order chi connectivity index (χ1) is 14.0. The molecule has 1 aromatic heterocycles. The molecular formula is C22H25N3O4. The Morgan fingerprint density at radius 2 is 1.93 bits per heavy atom. The summed E-state index contributed by atoms with van der Waals surface area (Å²) in [6.45, 7) is 0.602. The molecule has 0 spiro atoms. The van der Waals surface area contributed by atoms with E-state index in [-0.39, 0.29) is 24.9 Å². The molecule has 7 nitrogen and oxygen atoms in total. The van der Waals surface area contributed by atoms with Crippen molar-refractivity contribution in [3.63, 3.8) is 0 Å². The Morgan fingerprint density at radius 1 is 1.17 bits per heavy atom. The second kappa shape index (κ2) is 7.83. The van der Waals surface area contributed by atoms with Gasteiger partial charge >= 0.3 is 5.97 Å². The number of anilines is 1. The van der Waals surface area contributed by atoms with Crippen LogP contribution in [-0.2, 0) is 11.2 Å². The minimum absolute atomic E-state index is 0.124. The van der Waals surface area contributed by atoms with Crippen LogP contribution in [0.3, 0.4) is 0 Å². The molecule has 0 bridgehead atoms. The Bertz CT molecular complexity index is 900. The van der Waals surface area contributed by atoms with E-state index in [0.29, 0.717) is 24.3 Å². The fourth-order valence-electron chi connectivity index (χ4n) is 3.92. The van der Waals surface area contributed by atoms with Crippen molar-refractivity contribution < 1.29 is 19.8 Å². The highest BCUT2D eigenvalue weighted by Crippen LogP contribution is 2.36. The lowest BCUT2D eigenvalue weighted by atomic mass is 9.73. The monoisotopic (exact) mass is 395 g/mol. The summed E-state index contributed by atoms with van der Waals surface area (Å²) in [6.07, 6.45) is 3.17. The number of carbonyl (C=O) groups excluding carboxylic acids is 1. The van der Waals surface area contributed by atoms with Gasteiger partial charge in [0.15, 0.2) is 0 Å². The van der Waals surface area contributed by atoms with E-state index >= 15 is 0 Å². The van der Waals surface area contributed by atoms with E-state index in [1.165, 1.54) is 0 Å². The van der Waals surface area contributed by atoms with Crippen molar-refractivity contribution in [3.05, 3.63) is 59.8 Å². The lowest BCUT2D eigenvalue weighted by Gasteiger charge is -2.44. The number of aliphatic carboxylic acids is 1. The number of rotatable bonds is 6. The molecule has 1 saturated heterocycles. The summed E-state index contributed by atoms with van der Waals surface area (Å²) in [7, 11) is 0. The summed E-state index contributed by atoms with van der Waals surface area (Å²) in [5, 5.41) is 23.7. The summed E-state index contributed by atoms with van der Waals surface area (Å²) in [4.78, 5) is 30.9. The molecule has 0 radical (unpaired) electrons. The Hall–Kier alpha value is -2.93. The zero-order chi connectivity index (χ0) is 20.4. The molecule has 1 aliphatic carbocycles. The van der Waals surface area contributed by atoms with E-state index in [9.17, 15) is 19.8 Å². The van der Waals surface area contributed by atoms with Crippen molar-refractivity contribution in [1.82, 2.24) is 10.3 Å². The average Bonchev–Trinajstić information content (AvgIpc) is 3.54. The zero-order valence-corrected chi connectivity index (χ0v) is 16.1. The Kier molecular flexibility index (Phi) is 5.24. The van der Waals surface area contributed by atoms with E-state index in [4.69, 9.17) is 0 Å². The number of hydrogen-bond acceptors (Lipinski definition) is 5. The smallest absolute Gasteiger partial charge is 0.314 e. The molecule has 2 aromatic rings. The van der Waals surface area contributed by atoms with Gasteiger partial charge in [0.1, 0.15) is 11.2 Å². The van der Waals surface area contributed by atoms with Crippen molar-refractivity contribution in [3.8, 4) is 0 Å². The summed E-state index contributed by atoms with van der Waals surface area (Å²) in [5.41, 5.74) is 0.0337. The molecule has 4 rings (SSSR count). The van der Waals surface area contributed by atoms with Crippen LogP contribution >= 0.6 is 0 Å². The van der Waals surface area contributed by atoms with E-state index in [0.717, 1.165) is 18.4 Å². The van der Waals surface area contributed by atoms with Crippen LogP contribution in [-0.4, -0.2) is 52.3 Å². The molecule has 3 N–H and O–H groups in total. The SMILES string of the molecule is O=C(NC1CC1)c1ccnc(N2CC[C@H](O)[C@](Cc3ccccc3)(C(=O)O)C2)c1. The Morgan fingerprint density at radius 3 is 2.62 bits per heavy atom. The second-order valence-corrected chi connectivity index (χ2v) is 8.00. The molecule has 1 aliphatic heterocycles. The van der Waals surface area contributed by atoms with Gasteiger partial charge in [0.25, 0.3) is 5.91 Å². The van der Waals surface area contributed by atoms with Crippen LogP contribution in [0.2, 0.25) is 0 Å². The van der Waals surface area contributed by atoms with Crippen molar-refractivity contribution in [2.75, 3.05) is 18.0 Å². The number of hydrogen-bond donors (Lipinski definition) is 3. The van der Waals surface area contributed by atoms with E-state index in [1.807, 2.05) is 35.2 Å². The van der Waals surface area contributed by atoms with Crippen molar-refractivity contribution in [1.29, 1.82) is 0 Å². The minimum atomic E-state index is -1.34. The highest BCUT2D eigenvalue weighted by molar-refractivity contribution is 5.95. The first-order valence-corrected chi connectivity index (χ1v) is 9.95. The largest absolute Gasteiger partial charge is 0.481 e. The van der Waals surface area contributed by atoms with Gasteiger partial charge in [0.2, 0.25) is 0 Å². The maximum Gasteiger partial charge on any atom is 0.314 e. The predicted octanol–water partition coefficient (Wildman–Crippen LogP) is 1.86. The number of carbonyl (C=O) groups is 2. The Labute approximate surface area is 169 Å². The number of nitrogens with zero attached hydrogens (tertiary/aromatic N) is 2. The number of carboxylic acids is 1. The number of pyridine rings is 1. The number of aromatic nitrogens is 1. The van der Waals surface area contributed by atoms with Crippen LogP contribution in [0.1, 0.15) is 35.2 Å². The number of aliphatic hydroxyl groups is 1. The topological polar surface area (TPSA) is 103 Å². The van der Waals surface area contributed by atoms with E-state index in [2.05, 4.69) is 10.3 Å². The molecule has 2 fully saturated rings. The van der Waals surface area contributed by atoms with Crippen LogP contribution < -0.4 is 10.2 Å². The molecule has 1 aromatic carbocycles. The molecule has 1 saturated carbocycles. The van der Waals surface area contributed by atoms with E-state index in [1.54, 1.807) is 18.3 Å².